The molecule has 1 atom stereocenters. The zero-order valence-electron chi connectivity index (χ0n) is 6.81. The van der Waals surface area contributed by atoms with E-state index in [9.17, 15) is 0 Å². The van der Waals surface area contributed by atoms with Crippen molar-refractivity contribution in [2.45, 2.75) is 25.4 Å². The molecule has 2 aliphatic rings. The van der Waals surface area contributed by atoms with Crippen LogP contribution in [0.1, 0.15) is 19.3 Å². The van der Waals surface area contributed by atoms with Gasteiger partial charge < -0.3 is 10.1 Å². The summed E-state index contributed by atoms with van der Waals surface area (Å²) >= 11 is 0. The van der Waals surface area contributed by atoms with E-state index in [1.165, 1.54) is 24.8 Å². The first-order valence-electron chi connectivity index (χ1n) is 4.47. The summed E-state index contributed by atoms with van der Waals surface area (Å²) in [4.78, 5) is 0. The highest BCUT2D eigenvalue weighted by molar-refractivity contribution is 5.16. The van der Waals surface area contributed by atoms with Crippen LogP contribution in [0.4, 0.5) is 0 Å². The molecular weight excluding hydrogens is 138 g/mol. The average molecular weight is 153 g/mol. The third-order valence-corrected chi connectivity index (χ3v) is 2.34. The molecule has 0 saturated carbocycles. The molecule has 62 valence electrons. The van der Waals surface area contributed by atoms with Gasteiger partial charge in [0.05, 0.1) is 6.10 Å². The van der Waals surface area contributed by atoms with Crippen LogP contribution in [0.3, 0.4) is 0 Å². The lowest BCUT2D eigenvalue weighted by atomic mass is 10.0. The molecule has 0 radical (unpaired) electrons. The van der Waals surface area contributed by atoms with Crippen LogP contribution < -0.4 is 5.32 Å². The van der Waals surface area contributed by atoms with Crippen molar-refractivity contribution in [3.8, 4) is 0 Å². The molecule has 2 heteroatoms. The molecule has 1 N–H and O–H groups in total. The number of hydrogen-bond acceptors (Lipinski definition) is 2. The van der Waals surface area contributed by atoms with Crippen molar-refractivity contribution >= 4 is 0 Å². The van der Waals surface area contributed by atoms with Crippen molar-refractivity contribution in [3.05, 3.63) is 11.6 Å². The highest BCUT2D eigenvalue weighted by Gasteiger charge is 2.14. The van der Waals surface area contributed by atoms with Crippen molar-refractivity contribution < 1.29 is 4.74 Å². The summed E-state index contributed by atoms with van der Waals surface area (Å²) in [5.41, 5.74) is 1.52. The molecule has 0 spiro atoms. The lowest BCUT2D eigenvalue weighted by Crippen LogP contribution is -2.35. The Kier molecular flexibility index (Phi) is 2.24. The summed E-state index contributed by atoms with van der Waals surface area (Å²) in [6.07, 6.45) is 6.54. The monoisotopic (exact) mass is 153 g/mol. The van der Waals surface area contributed by atoms with Gasteiger partial charge in [0.1, 0.15) is 0 Å². The van der Waals surface area contributed by atoms with Crippen molar-refractivity contribution in [2.24, 2.45) is 0 Å². The normalized spacial score (nSPS) is 31.3. The summed E-state index contributed by atoms with van der Waals surface area (Å²) in [7, 11) is 0. The second-order valence-corrected chi connectivity index (χ2v) is 3.33. The molecule has 2 aliphatic heterocycles. The maximum Gasteiger partial charge on any atom is 0.0759 e. The molecule has 0 amide bonds. The van der Waals surface area contributed by atoms with Crippen LogP contribution in [0.5, 0.6) is 0 Å². The largest absolute Gasteiger partial charge is 0.374 e. The molecule has 0 aromatic heterocycles. The lowest BCUT2D eigenvalue weighted by Gasteiger charge is -2.24. The molecule has 2 fully saturated rings. The molecule has 2 saturated heterocycles. The maximum absolute atomic E-state index is 5.58. The zero-order chi connectivity index (χ0) is 7.52. The fourth-order valence-corrected chi connectivity index (χ4v) is 1.55. The maximum atomic E-state index is 5.58. The van der Waals surface area contributed by atoms with E-state index in [1.807, 2.05) is 0 Å². The first-order valence-corrected chi connectivity index (χ1v) is 4.47. The summed E-state index contributed by atoms with van der Waals surface area (Å²) in [6.45, 7) is 3.13. The highest BCUT2D eigenvalue weighted by atomic mass is 16.5. The number of rotatable bonds is 1. The minimum absolute atomic E-state index is 0.431. The van der Waals surface area contributed by atoms with E-state index in [0.717, 1.165) is 19.7 Å². The Bertz CT molecular complexity index is 153. The Balaban J connectivity index is 1.83. The van der Waals surface area contributed by atoms with Crippen molar-refractivity contribution in [3.63, 3.8) is 0 Å². The minimum Gasteiger partial charge on any atom is -0.374 e. The van der Waals surface area contributed by atoms with E-state index in [1.54, 1.807) is 0 Å². The standard InChI is InChI=1S/C9H15NO/c1-2-4-11-9(3-1)5-8-6-10-7-8/h5,9-10H,1-4,6-7H2. The van der Waals surface area contributed by atoms with E-state index in [-0.39, 0.29) is 0 Å². The van der Waals surface area contributed by atoms with Crippen LogP contribution in [0.2, 0.25) is 0 Å². The van der Waals surface area contributed by atoms with Gasteiger partial charge >= 0.3 is 0 Å². The van der Waals surface area contributed by atoms with E-state index in [4.69, 9.17) is 4.74 Å². The van der Waals surface area contributed by atoms with Gasteiger partial charge in [0, 0.05) is 19.7 Å². The second-order valence-electron chi connectivity index (χ2n) is 3.33. The van der Waals surface area contributed by atoms with Gasteiger partial charge in [0.25, 0.3) is 0 Å². The lowest BCUT2D eigenvalue weighted by molar-refractivity contribution is 0.0457. The minimum atomic E-state index is 0.431. The summed E-state index contributed by atoms with van der Waals surface area (Å²) in [5, 5.41) is 3.23. The number of hydrogen-bond donors (Lipinski definition) is 1. The predicted molar refractivity (Wildman–Crippen MR) is 44.5 cm³/mol. The van der Waals surface area contributed by atoms with Crippen LogP contribution in [-0.4, -0.2) is 25.8 Å². The summed E-state index contributed by atoms with van der Waals surface area (Å²) in [6, 6.07) is 0. The molecule has 0 aromatic rings. The topological polar surface area (TPSA) is 21.3 Å². The average Bonchev–Trinajstić information content (AvgIpc) is 1.99. The first-order chi connectivity index (χ1) is 5.45. The van der Waals surface area contributed by atoms with Crippen LogP contribution in [0.15, 0.2) is 11.6 Å². The quantitative estimate of drug-likeness (QED) is 0.569. The van der Waals surface area contributed by atoms with Gasteiger partial charge in [0.2, 0.25) is 0 Å². The number of ether oxygens (including phenoxy) is 1. The van der Waals surface area contributed by atoms with E-state index >= 15 is 0 Å². The van der Waals surface area contributed by atoms with Gasteiger partial charge in [-0.3, -0.25) is 0 Å². The molecule has 2 rings (SSSR count). The predicted octanol–water partition coefficient (Wildman–Crippen LogP) is 1.09. The SMILES string of the molecule is C(=C1CNC1)C1CCCCO1. The smallest absolute Gasteiger partial charge is 0.0759 e. The Morgan fingerprint density at radius 2 is 2.27 bits per heavy atom. The molecule has 0 aromatic carbocycles. The Hall–Kier alpha value is -0.340. The van der Waals surface area contributed by atoms with E-state index in [0.29, 0.717) is 6.10 Å². The molecule has 1 unspecified atom stereocenters. The summed E-state index contributed by atoms with van der Waals surface area (Å²) in [5.74, 6) is 0. The number of nitrogens with one attached hydrogen (secondary N) is 1. The fourth-order valence-electron chi connectivity index (χ4n) is 1.55. The second kappa shape index (κ2) is 3.37. The van der Waals surface area contributed by atoms with Gasteiger partial charge in [-0.2, -0.15) is 0 Å². The van der Waals surface area contributed by atoms with E-state index < -0.39 is 0 Å². The first kappa shape index (κ1) is 7.32. The van der Waals surface area contributed by atoms with Gasteiger partial charge in [-0.15, -0.1) is 0 Å². The van der Waals surface area contributed by atoms with Crippen LogP contribution in [-0.2, 0) is 4.74 Å². The third-order valence-electron chi connectivity index (χ3n) is 2.34. The third kappa shape index (κ3) is 1.82. The van der Waals surface area contributed by atoms with Gasteiger partial charge in [-0.05, 0) is 24.8 Å². The molecule has 0 bridgehead atoms. The highest BCUT2D eigenvalue weighted by Crippen LogP contribution is 2.16. The van der Waals surface area contributed by atoms with Gasteiger partial charge in [0.15, 0.2) is 0 Å². The molecule has 11 heavy (non-hydrogen) atoms. The molecule has 2 heterocycles. The van der Waals surface area contributed by atoms with Crippen LogP contribution >= 0.6 is 0 Å². The van der Waals surface area contributed by atoms with Gasteiger partial charge in [-0.25, -0.2) is 0 Å². The van der Waals surface area contributed by atoms with E-state index in [2.05, 4.69) is 11.4 Å². The van der Waals surface area contributed by atoms with Crippen LogP contribution in [0, 0.1) is 0 Å². The fraction of sp³-hybridized carbons (Fsp3) is 0.778. The van der Waals surface area contributed by atoms with Crippen molar-refractivity contribution in [1.29, 1.82) is 0 Å². The summed E-state index contributed by atoms with van der Waals surface area (Å²) < 4.78 is 5.58. The van der Waals surface area contributed by atoms with Gasteiger partial charge in [-0.1, -0.05) is 6.08 Å². The van der Waals surface area contributed by atoms with Crippen LogP contribution in [0.25, 0.3) is 0 Å². The molecule has 0 aliphatic carbocycles. The Morgan fingerprint density at radius 1 is 1.36 bits per heavy atom. The Morgan fingerprint density at radius 3 is 2.82 bits per heavy atom. The van der Waals surface area contributed by atoms with Crippen molar-refractivity contribution in [1.82, 2.24) is 5.32 Å². The van der Waals surface area contributed by atoms with Crippen molar-refractivity contribution in [2.75, 3.05) is 19.7 Å². The Labute approximate surface area is 67.6 Å². The molecule has 2 nitrogen and oxygen atoms in total. The zero-order valence-corrected chi connectivity index (χ0v) is 6.81. The molecular formula is C9H15NO.